The van der Waals surface area contributed by atoms with Gasteiger partial charge < -0.3 is 16.2 Å². The van der Waals surface area contributed by atoms with Gasteiger partial charge in [0.15, 0.2) is 5.82 Å². The molecule has 1 saturated carbocycles. The van der Waals surface area contributed by atoms with Crippen LogP contribution in [-0.2, 0) is 0 Å². The first-order valence-corrected chi connectivity index (χ1v) is 6.65. The van der Waals surface area contributed by atoms with E-state index in [4.69, 9.17) is 11.0 Å². The number of rotatable bonds is 3. The summed E-state index contributed by atoms with van der Waals surface area (Å²) in [5.41, 5.74) is 5.90. The second-order valence-corrected chi connectivity index (χ2v) is 5.49. The largest absolute Gasteiger partial charge is 0.395 e. The summed E-state index contributed by atoms with van der Waals surface area (Å²) in [6.45, 7) is 2.63. The molecule has 102 valence electrons. The third kappa shape index (κ3) is 3.15. The summed E-state index contributed by atoms with van der Waals surface area (Å²) in [4.78, 5) is 4.12. The second-order valence-electron chi connectivity index (χ2n) is 5.49. The van der Waals surface area contributed by atoms with Crippen molar-refractivity contribution in [1.82, 2.24) is 4.98 Å². The first-order valence-electron chi connectivity index (χ1n) is 6.65. The van der Waals surface area contributed by atoms with E-state index in [1.807, 2.05) is 6.07 Å². The average Bonchev–Trinajstić information content (AvgIpc) is 2.41. The van der Waals surface area contributed by atoms with Crippen LogP contribution in [0, 0.1) is 17.2 Å². The normalized spacial score (nSPS) is 26.7. The number of aromatic nitrogens is 1. The fraction of sp³-hybridized carbons (Fsp3) is 0.571. The molecule has 0 aliphatic heterocycles. The number of pyridine rings is 1. The predicted molar refractivity (Wildman–Crippen MR) is 74.4 cm³/mol. The summed E-state index contributed by atoms with van der Waals surface area (Å²) in [6, 6.07) is 3.60. The molecule has 1 fully saturated rings. The van der Waals surface area contributed by atoms with E-state index < -0.39 is 5.60 Å². The highest BCUT2D eigenvalue weighted by Crippen LogP contribution is 2.32. The van der Waals surface area contributed by atoms with Crippen molar-refractivity contribution in [3.63, 3.8) is 0 Å². The van der Waals surface area contributed by atoms with E-state index in [2.05, 4.69) is 17.2 Å². The molecule has 0 spiro atoms. The number of anilines is 2. The van der Waals surface area contributed by atoms with Crippen LogP contribution in [0.25, 0.3) is 0 Å². The molecule has 0 bridgehead atoms. The van der Waals surface area contributed by atoms with E-state index in [-0.39, 0.29) is 0 Å². The van der Waals surface area contributed by atoms with E-state index in [1.54, 1.807) is 12.3 Å². The van der Waals surface area contributed by atoms with Crippen molar-refractivity contribution in [2.24, 2.45) is 5.92 Å². The minimum Gasteiger partial charge on any atom is -0.395 e. The molecule has 1 aromatic rings. The average molecular weight is 260 g/mol. The molecule has 0 amide bonds. The van der Waals surface area contributed by atoms with Crippen molar-refractivity contribution in [3.05, 3.63) is 17.8 Å². The molecule has 1 aromatic heterocycles. The maximum atomic E-state index is 10.5. The molecule has 0 radical (unpaired) electrons. The fourth-order valence-electron chi connectivity index (χ4n) is 2.44. The van der Waals surface area contributed by atoms with Gasteiger partial charge in [0, 0.05) is 12.7 Å². The van der Waals surface area contributed by atoms with Crippen LogP contribution in [0.15, 0.2) is 12.3 Å². The van der Waals surface area contributed by atoms with Gasteiger partial charge in [-0.05, 0) is 37.7 Å². The molecule has 1 aliphatic rings. The lowest BCUT2D eigenvalue weighted by Crippen LogP contribution is -2.40. The van der Waals surface area contributed by atoms with E-state index in [1.165, 1.54) is 0 Å². The van der Waals surface area contributed by atoms with Crippen molar-refractivity contribution >= 4 is 11.5 Å². The highest BCUT2D eigenvalue weighted by molar-refractivity contribution is 5.68. The molecule has 0 aromatic carbocycles. The minimum absolute atomic E-state index is 0.345. The number of nitriles is 1. The molecule has 0 atom stereocenters. The zero-order valence-electron chi connectivity index (χ0n) is 11.2. The smallest absolute Gasteiger partial charge is 0.150 e. The number of nitrogens with one attached hydrogen (secondary N) is 1. The molecular weight excluding hydrogens is 240 g/mol. The van der Waals surface area contributed by atoms with Crippen LogP contribution in [-0.4, -0.2) is 22.2 Å². The highest BCUT2D eigenvalue weighted by Gasteiger charge is 2.31. The van der Waals surface area contributed by atoms with Crippen LogP contribution in [0.2, 0.25) is 0 Å². The number of aliphatic hydroxyl groups is 1. The number of nitrogens with two attached hydrogens (primary N) is 1. The van der Waals surface area contributed by atoms with Crippen LogP contribution in [0.5, 0.6) is 0 Å². The predicted octanol–water partition coefficient (Wildman–Crippen LogP) is 1.89. The van der Waals surface area contributed by atoms with Gasteiger partial charge in [-0.3, -0.25) is 0 Å². The zero-order valence-corrected chi connectivity index (χ0v) is 11.2. The summed E-state index contributed by atoms with van der Waals surface area (Å²) in [5.74, 6) is 1.16. The molecule has 5 nitrogen and oxygen atoms in total. The third-order valence-corrected chi connectivity index (χ3v) is 3.90. The summed E-state index contributed by atoms with van der Waals surface area (Å²) in [7, 11) is 0. The van der Waals surface area contributed by atoms with Crippen molar-refractivity contribution < 1.29 is 5.11 Å². The summed E-state index contributed by atoms with van der Waals surface area (Å²) < 4.78 is 0. The number of nitrogen functional groups attached to an aromatic ring is 1. The number of hydrogen-bond donors (Lipinski definition) is 3. The molecule has 19 heavy (non-hydrogen) atoms. The van der Waals surface area contributed by atoms with Gasteiger partial charge in [0.05, 0.1) is 16.9 Å². The summed E-state index contributed by atoms with van der Waals surface area (Å²) >= 11 is 0. The van der Waals surface area contributed by atoms with Crippen molar-refractivity contribution in [1.29, 1.82) is 5.26 Å². The number of hydrogen-bond acceptors (Lipinski definition) is 5. The van der Waals surface area contributed by atoms with Gasteiger partial charge in [-0.2, -0.15) is 5.26 Å². The Balaban J connectivity index is 2.01. The Morgan fingerprint density at radius 3 is 2.89 bits per heavy atom. The Hall–Kier alpha value is -1.80. The van der Waals surface area contributed by atoms with Crippen molar-refractivity contribution in [2.75, 3.05) is 17.6 Å². The first kappa shape index (κ1) is 13.6. The van der Waals surface area contributed by atoms with E-state index in [0.29, 0.717) is 29.5 Å². The van der Waals surface area contributed by atoms with Gasteiger partial charge in [0.25, 0.3) is 0 Å². The van der Waals surface area contributed by atoms with Crippen LogP contribution in [0.3, 0.4) is 0 Å². The maximum Gasteiger partial charge on any atom is 0.150 e. The molecule has 2 rings (SSSR count). The Morgan fingerprint density at radius 1 is 1.58 bits per heavy atom. The van der Waals surface area contributed by atoms with Gasteiger partial charge in [-0.1, -0.05) is 6.92 Å². The molecule has 0 unspecified atom stereocenters. The van der Waals surface area contributed by atoms with Crippen LogP contribution < -0.4 is 11.1 Å². The standard InChI is InChI=1S/C14H20N4O/c1-10-2-5-14(19,6-3-10)9-18-13-12(16)11(8-15)4-7-17-13/h4,7,10,19H,2-3,5-6,9,16H2,1H3,(H,17,18). The fourth-order valence-corrected chi connectivity index (χ4v) is 2.44. The number of nitrogens with zero attached hydrogens (tertiary/aromatic N) is 2. The maximum absolute atomic E-state index is 10.5. The topological polar surface area (TPSA) is 95.0 Å². The third-order valence-electron chi connectivity index (χ3n) is 3.90. The van der Waals surface area contributed by atoms with E-state index >= 15 is 0 Å². The lowest BCUT2D eigenvalue weighted by atomic mass is 9.79. The Labute approximate surface area is 113 Å². The quantitative estimate of drug-likeness (QED) is 0.771. The summed E-state index contributed by atoms with van der Waals surface area (Å²) in [5, 5.41) is 22.5. The molecule has 1 aliphatic carbocycles. The SMILES string of the molecule is CC1CCC(O)(CNc2nccc(C#N)c2N)CC1. The van der Waals surface area contributed by atoms with Crippen LogP contribution in [0.4, 0.5) is 11.5 Å². The molecule has 5 heteroatoms. The van der Waals surface area contributed by atoms with Gasteiger partial charge in [-0.25, -0.2) is 4.98 Å². The van der Waals surface area contributed by atoms with Crippen LogP contribution in [0.1, 0.15) is 38.2 Å². The zero-order chi connectivity index (χ0) is 13.9. The Kier molecular flexibility index (Phi) is 3.91. The minimum atomic E-state index is -0.691. The van der Waals surface area contributed by atoms with E-state index in [9.17, 15) is 5.11 Å². The monoisotopic (exact) mass is 260 g/mol. The summed E-state index contributed by atoms with van der Waals surface area (Å²) in [6.07, 6.45) is 5.21. The van der Waals surface area contributed by atoms with Gasteiger partial charge >= 0.3 is 0 Å². The van der Waals surface area contributed by atoms with E-state index in [0.717, 1.165) is 25.7 Å². The van der Waals surface area contributed by atoms with Crippen molar-refractivity contribution in [2.45, 2.75) is 38.2 Å². The Morgan fingerprint density at radius 2 is 2.26 bits per heavy atom. The molecule has 4 N–H and O–H groups in total. The van der Waals surface area contributed by atoms with Gasteiger partial charge in [0.1, 0.15) is 6.07 Å². The second kappa shape index (κ2) is 5.45. The molecular formula is C14H20N4O. The molecule has 0 saturated heterocycles. The lowest BCUT2D eigenvalue weighted by Gasteiger charge is -2.35. The Bertz CT molecular complexity index is 487. The van der Waals surface area contributed by atoms with Crippen LogP contribution >= 0.6 is 0 Å². The lowest BCUT2D eigenvalue weighted by molar-refractivity contribution is 0.00496. The highest BCUT2D eigenvalue weighted by atomic mass is 16.3. The first-order chi connectivity index (χ1) is 9.04. The van der Waals surface area contributed by atoms with Gasteiger partial charge in [0.2, 0.25) is 0 Å². The van der Waals surface area contributed by atoms with Crippen molar-refractivity contribution in [3.8, 4) is 6.07 Å². The van der Waals surface area contributed by atoms with Gasteiger partial charge in [-0.15, -0.1) is 0 Å². The molecule has 1 heterocycles.